The zero-order chi connectivity index (χ0) is 21.1. The molecular formula is C23H43N3O3. The van der Waals surface area contributed by atoms with Gasteiger partial charge in [0.2, 0.25) is 5.91 Å². The maximum Gasteiger partial charge on any atom is 0.222 e. The molecule has 29 heavy (non-hydrogen) atoms. The Morgan fingerprint density at radius 2 is 1.38 bits per heavy atom. The van der Waals surface area contributed by atoms with Gasteiger partial charge in [0.15, 0.2) is 0 Å². The number of carbonyl (C=O) groups excluding carboxylic acids is 2. The van der Waals surface area contributed by atoms with Gasteiger partial charge in [0.25, 0.3) is 0 Å². The third-order valence-electron chi connectivity index (χ3n) is 6.72. The van der Waals surface area contributed by atoms with E-state index in [1.807, 2.05) is 11.8 Å². The number of hydrogen-bond acceptors (Lipinski definition) is 5. The third-order valence-corrected chi connectivity index (χ3v) is 6.72. The Morgan fingerprint density at radius 3 is 1.97 bits per heavy atom. The molecule has 0 aromatic rings. The Labute approximate surface area is 177 Å². The average Bonchev–Trinajstić information content (AvgIpc) is 2.73. The van der Waals surface area contributed by atoms with E-state index in [-0.39, 0.29) is 5.91 Å². The van der Waals surface area contributed by atoms with E-state index in [0.717, 1.165) is 97.3 Å². The number of piperazine rings is 1. The van der Waals surface area contributed by atoms with Crippen LogP contribution in [-0.2, 0) is 9.59 Å². The second kappa shape index (κ2) is 12.7. The molecule has 2 aliphatic heterocycles. The number of carbonyl (C=O) groups is 2. The summed E-state index contributed by atoms with van der Waals surface area (Å²) in [5.74, 6) is 0.638. The summed E-state index contributed by atoms with van der Waals surface area (Å²) in [6.45, 7) is 11.2. The molecule has 168 valence electrons. The van der Waals surface area contributed by atoms with E-state index in [4.69, 9.17) is 0 Å². The summed E-state index contributed by atoms with van der Waals surface area (Å²) >= 11 is 0. The van der Waals surface area contributed by atoms with Crippen molar-refractivity contribution in [2.24, 2.45) is 0 Å². The highest BCUT2D eigenvalue weighted by Crippen LogP contribution is 2.24. The predicted octanol–water partition coefficient (Wildman–Crippen LogP) is 2.69. The minimum Gasteiger partial charge on any atom is -0.388 e. The summed E-state index contributed by atoms with van der Waals surface area (Å²) in [5.41, 5.74) is -0.556. The molecule has 2 fully saturated rings. The lowest BCUT2D eigenvalue weighted by molar-refractivity contribution is -0.133. The Kier molecular flexibility index (Phi) is 10.6. The van der Waals surface area contributed by atoms with Crippen LogP contribution in [0.2, 0.25) is 0 Å². The molecule has 6 nitrogen and oxygen atoms in total. The first-order valence-electron chi connectivity index (χ1n) is 11.9. The normalized spacial score (nSPS) is 20.7. The van der Waals surface area contributed by atoms with E-state index < -0.39 is 5.60 Å². The first kappa shape index (κ1) is 24.3. The number of Topliss-reactive ketones (excluding diaryl/α,β-unsaturated/α-hetero) is 1. The van der Waals surface area contributed by atoms with E-state index in [9.17, 15) is 14.7 Å². The first-order chi connectivity index (χ1) is 14.0. The summed E-state index contributed by atoms with van der Waals surface area (Å²) in [5, 5.41) is 10.9. The van der Waals surface area contributed by atoms with Gasteiger partial charge in [0.1, 0.15) is 5.78 Å². The second-order valence-corrected chi connectivity index (χ2v) is 8.98. The molecule has 0 aromatic heterocycles. The number of ketones is 1. The van der Waals surface area contributed by atoms with Crippen LogP contribution in [0.5, 0.6) is 0 Å². The van der Waals surface area contributed by atoms with Gasteiger partial charge < -0.3 is 14.9 Å². The van der Waals surface area contributed by atoms with E-state index in [1.165, 1.54) is 0 Å². The SMILES string of the molecule is CCC(=O)CCCCCCCC(=O)N1CCN(CC2(O)CCN(CC)CC2)CC1. The summed E-state index contributed by atoms with van der Waals surface area (Å²) in [7, 11) is 0. The monoisotopic (exact) mass is 409 g/mol. The van der Waals surface area contributed by atoms with Crippen LogP contribution in [0.4, 0.5) is 0 Å². The van der Waals surface area contributed by atoms with Gasteiger partial charge in [-0.3, -0.25) is 14.5 Å². The molecular weight excluding hydrogens is 366 g/mol. The lowest BCUT2D eigenvalue weighted by Gasteiger charge is -2.43. The maximum absolute atomic E-state index is 12.5. The van der Waals surface area contributed by atoms with Crippen LogP contribution in [0.1, 0.15) is 78.1 Å². The summed E-state index contributed by atoms with van der Waals surface area (Å²) in [6.07, 6.45) is 8.95. The van der Waals surface area contributed by atoms with Gasteiger partial charge in [0.05, 0.1) is 5.60 Å². The molecule has 0 atom stereocenters. The molecule has 0 bridgehead atoms. The van der Waals surface area contributed by atoms with Crippen LogP contribution in [0.3, 0.4) is 0 Å². The Hall–Kier alpha value is -0.980. The highest BCUT2D eigenvalue weighted by molar-refractivity contribution is 5.77. The molecule has 2 heterocycles. The lowest BCUT2D eigenvalue weighted by Crippen LogP contribution is -2.55. The molecule has 1 N–H and O–H groups in total. The number of hydrogen-bond donors (Lipinski definition) is 1. The number of β-amino-alcohol motifs (C(OH)–C–C–N with tert-alkyl or cyclic N) is 1. The molecule has 1 amide bonds. The number of aliphatic hydroxyl groups is 1. The van der Waals surface area contributed by atoms with Crippen LogP contribution >= 0.6 is 0 Å². The molecule has 0 spiro atoms. The van der Waals surface area contributed by atoms with Crippen molar-refractivity contribution in [3.8, 4) is 0 Å². The van der Waals surface area contributed by atoms with Crippen molar-refractivity contribution in [1.29, 1.82) is 0 Å². The van der Waals surface area contributed by atoms with E-state index in [2.05, 4.69) is 16.7 Å². The van der Waals surface area contributed by atoms with Gasteiger partial charge in [-0.2, -0.15) is 0 Å². The van der Waals surface area contributed by atoms with Gasteiger partial charge >= 0.3 is 0 Å². The summed E-state index contributed by atoms with van der Waals surface area (Å²) in [6, 6.07) is 0. The summed E-state index contributed by atoms with van der Waals surface area (Å²) < 4.78 is 0. The minimum atomic E-state index is -0.556. The minimum absolute atomic E-state index is 0.278. The number of amides is 1. The van der Waals surface area contributed by atoms with Gasteiger partial charge in [-0.15, -0.1) is 0 Å². The highest BCUT2D eigenvalue weighted by Gasteiger charge is 2.34. The standard InChI is InChI=1S/C23H43N3O3/c1-3-21(27)10-8-6-5-7-9-11-22(28)26-18-16-25(17-19-26)20-23(29)12-14-24(4-2)15-13-23/h29H,3-20H2,1-2H3. The molecule has 6 heteroatoms. The van der Waals surface area contributed by atoms with Gasteiger partial charge in [-0.1, -0.05) is 33.1 Å². The van der Waals surface area contributed by atoms with Crippen molar-refractivity contribution < 1.29 is 14.7 Å². The van der Waals surface area contributed by atoms with Crippen LogP contribution in [0.15, 0.2) is 0 Å². The molecule has 0 aromatic carbocycles. The molecule has 0 unspecified atom stereocenters. The van der Waals surface area contributed by atoms with Gasteiger partial charge in [-0.05, 0) is 32.2 Å². The Bertz CT molecular complexity index is 496. The third kappa shape index (κ3) is 8.73. The highest BCUT2D eigenvalue weighted by atomic mass is 16.3. The number of rotatable bonds is 12. The Balaban J connectivity index is 1.54. The van der Waals surface area contributed by atoms with Crippen LogP contribution in [0.25, 0.3) is 0 Å². The van der Waals surface area contributed by atoms with Gasteiger partial charge in [-0.25, -0.2) is 0 Å². The molecule has 0 aliphatic carbocycles. The van der Waals surface area contributed by atoms with Crippen LogP contribution < -0.4 is 0 Å². The zero-order valence-corrected chi connectivity index (χ0v) is 18.8. The zero-order valence-electron chi connectivity index (χ0n) is 18.8. The van der Waals surface area contributed by atoms with Crippen LogP contribution in [-0.4, -0.2) is 89.5 Å². The predicted molar refractivity (Wildman–Crippen MR) is 117 cm³/mol. The molecule has 2 rings (SSSR count). The fourth-order valence-corrected chi connectivity index (χ4v) is 4.48. The number of likely N-dealkylation sites (tertiary alicyclic amines) is 1. The number of nitrogens with zero attached hydrogens (tertiary/aromatic N) is 3. The number of piperidine rings is 1. The van der Waals surface area contributed by atoms with Gasteiger partial charge in [0, 0.05) is 65.1 Å². The Morgan fingerprint density at radius 1 is 0.793 bits per heavy atom. The molecule has 0 radical (unpaired) electrons. The molecule has 2 saturated heterocycles. The van der Waals surface area contributed by atoms with Crippen molar-refractivity contribution in [2.75, 3.05) is 52.4 Å². The first-order valence-corrected chi connectivity index (χ1v) is 11.9. The largest absolute Gasteiger partial charge is 0.388 e. The van der Waals surface area contributed by atoms with E-state index in [0.29, 0.717) is 25.0 Å². The fourth-order valence-electron chi connectivity index (χ4n) is 4.48. The van der Waals surface area contributed by atoms with Crippen molar-refractivity contribution in [1.82, 2.24) is 14.7 Å². The average molecular weight is 410 g/mol. The topological polar surface area (TPSA) is 64.1 Å². The maximum atomic E-state index is 12.5. The number of unbranched alkanes of at least 4 members (excludes halogenated alkanes) is 4. The van der Waals surface area contributed by atoms with Crippen molar-refractivity contribution in [3.63, 3.8) is 0 Å². The van der Waals surface area contributed by atoms with E-state index in [1.54, 1.807) is 0 Å². The van der Waals surface area contributed by atoms with E-state index >= 15 is 0 Å². The van der Waals surface area contributed by atoms with Crippen molar-refractivity contribution >= 4 is 11.7 Å². The van der Waals surface area contributed by atoms with Crippen molar-refractivity contribution in [3.05, 3.63) is 0 Å². The van der Waals surface area contributed by atoms with Crippen molar-refractivity contribution in [2.45, 2.75) is 83.7 Å². The smallest absolute Gasteiger partial charge is 0.222 e. The quantitative estimate of drug-likeness (QED) is 0.502. The van der Waals surface area contributed by atoms with Crippen LogP contribution in [0, 0.1) is 0 Å². The summed E-state index contributed by atoms with van der Waals surface area (Å²) in [4.78, 5) is 30.5. The second-order valence-electron chi connectivity index (χ2n) is 8.98. The molecule has 0 saturated carbocycles. The molecule has 2 aliphatic rings. The lowest BCUT2D eigenvalue weighted by atomic mass is 9.90. The fraction of sp³-hybridized carbons (Fsp3) is 0.913.